The fraction of sp³-hybridized carbons (Fsp3) is 0.545. The Labute approximate surface area is 104 Å². The van der Waals surface area contributed by atoms with Crippen molar-refractivity contribution in [2.75, 3.05) is 0 Å². The molecular weight excluding hydrogens is 236 g/mol. The van der Waals surface area contributed by atoms with Crippen LogP contribution in [0.25, 0.3) is 0 Å². The van der Waals surface area contributed by atoms with Crippen LogP contribution in [0.1, 0.15) is 19.0 Å². The van der Waals surface area contributed by atoms with Gasteiger partial charge in [-0.15, -0.1) is 0 Å². The van der Waals surface area contributed by atoms with Crippen molar-refractivity contribution < 1.29 is 4.79 Å². The molecule has 1 aromatic rings. The molecule has 0 aliphatic heterocycles. The van der Waals surface area contributed by atoms with Crippen molar-refractivity contribution in [3.63, 3.8) is 0 Å². The number of nitrogens with zero attached hydrogens (tertiary/aromatic N) is 2. The maximum absolute atomic E-state index is 11.7. The number of carbonyl (C=O) groups is 1. The Kier molecular flexibility index (Phi) is 4.43. The average molecular weight is 254 g/mol. The first-order valence-electron chi connectivity index (χ1n) is 5.60. The summed E-state index contributed by atoms with van der Waals surface area (Å²) < 4.78 is 2.43. The van der Waals surface area contributed by atoms with Gasteiger partial charge in [-0.1, -0.05) is 0 Å². The van der Waals surface area contributed by atoms with Crippen molar-refractivity contribution in [1.82, 2.24) is 14.5 Å². The molecule has 0 radical (unpaired) electrons. The monoisotopic (exact) mass is 254 g/mol. The van der Waals surface area contributed by atoms with Crippen LogP contribution in [0.4, 0.5) is 0 Å². The molecule has 0 saturated carbocycles. The van der Waals surface area contributed by atoms with Gasteiger partial charge in [-0.3, -0.25) is 18.7 Å². The topological polar surface area (TPSA) is 99.1 Å². The van der Waals surface area contributed by atoms with E-state index in [-0.39, 0.29) is 23.7 Å². The number of nitrogens with one attached hydrogen (secondary N) is 1. The summed E-state index contributed by atoms with van der Waals surface area (Å²) in [7, 11) is 3.02. The molecule has 1 aromatic heterocycles. The van der Waals surface area contributed by atoms with E-state index in [1.54, 1.807) is 7.05 Å². The zero-order chi connectivity index (χ0) is 13.9. The van der Waals surface area contributed by atoms with E-state index in [1.165, 1.54) is 17.7 Å². The van der Waals surface area contributed by atoms with E-state index in [9.17, 15) is 14.4 Å². The molecule has 0 aliphatic carbocycles. The lowest BCUT2D eigenvalue weighted by Crippen LogP contribution is -2.40. The Hall–Kier alpha value is -1.89. The van der Waals surface area contributed by atoms with Crippen LogP contribution in [0.2, 0.25) is 0 Å². The summed E-state index contributed by atoms with van der Waals surface area (Å²) in [6.07, 6.45) is 0.207. The lowest BCUT2D eigenvalue weighted by atomic mass is 10.2. The standard InChI is InChI=1S/C11H18N4O3/c1-7(4-9(12)16)13-6-8-5-10(17)15(3)11(18)14(8)2/h5,7,13H,4,6H2,1-3H3,(H2,12,16). The van der Waals surface area contributed by atoms with Crippen LogP contribution in [-0.2, 0) is 25.4 Å². The molecule has 1 unspecified atom stereocenters. The highest BCUT2D eigenvalue weighted by Gasteiger charge is 2.09. The van der Waals surface area contributed by atoms with Gasteiger partial charge in [-0.05, 0) is 6.92 Å². The van der Waals surface area contributed by atoms with Crippen molar-refractivity contribution in [3.05, 3.63) is 32.6 Å². The number of aromatic nitrogens is 2. The van der Waals surface area contributed by atoms with Crippen molar-refractivity contribution in [2.45, 2.75) is 25.9 Å². The highest BCUT2D eigenvalue weighted by molar-refractivity contribution is 5.74. The molecule has 18 heavy (non-hydrogen) atoms. The van der Waals surface area contributed by atoms with Crippen molar-refractivity contribution in [2.24, 2.45) is 19.8 Å². The van der Waals surface area contributed by atoms with Gasteiger partial charge in [0, 0.05) is 44.9 Å². The third-order valence-electron chi connectivity index (χ3n) is 2.76. The minimum atomic E-state index is -0.395. The summed E-state index contributed by atoms with van der Waals surface area (Å²) in [5.41, 5.74) is 4.92. The molecule has 100 valence electrons. The van der Waals surface area contributed by atoms with E-state index < -0.39 is 5.91 Å². The van der Waals surface area contributed by atoms with Crippen LogP contribution in [0.15, 0.2) is 15.7 Å². The first kappa shape index (κ1) is 14.2. The average Bonchev–Trinajstić information content (AvgIpc) is 2.28. The van der Waals surface area contributed by atoms with Crippen molar-refractivity contribution in [1.29, 1.82) is 0 Å². The minimum absolute atomic E-state index is 0.110. The van der Waals surface area contributed by atoms with Crippen LogP contribution in [-0.4, -0.2) is 21.1 Å². The Morgan fingerprint density at radius 3 is 2.56 bits per heavy atom. The van der Waals surface area contributed by atoms with Gasteiger partial charge in [0.25, 0.3) is 5.56 Å². The third kappa shape index (κ3) is 3.30. The van der Waals surface area contributed by atoms with Crippen molar-refractivity contribution in [3.8, 4) is 0 Å². The summed E-state index contributed by atoms with van der Waals surface area (Å²) in [6.45, 7) is 2.14. The van der Waals surface area contributed by atoms with E-state index in [0.29, 0.717) is 12.2 Å². The van der Waals surface area contributed by atoms with Gasteiger partial charge in [-0.2, -0.15) is 0 Å². The first-order chi connectivity index (χ1) is 8.32. The second kappa shape index (κ2) is 5.63. The Bertz CT molecular complexity index is 558. The Morgan fingerprint density at radius 1 is 1.39 bits per heavy atom. The molecule has 3 N–H and O–H groups in total. The molecule has 0 fully saturated rings. The van der Waals surface area contributed by atoms with Gasteiger partial charge in [0.1, 0.15) is 0 Å². The van der Waals surface area contributed by atoms with E-state index in [1.807, 2.05) is 6.92 Å². The molecule has 1 amide bonds. The number of primary amides is 1. The van der Waals surface area contributed by atoms with E-state index in [0.717, 1.165) is 4.57 Å². The molecule has 0 bridgehead atoms. The van der Waals surface area contributed by atoms with Crippen LogP contribution in [0, 0.1) is 0 Å². The predicted molar refractivity (Wildman–Crippen MR) is 67.0 cm³/mol. The van der Waals surface area contributed by atoms with Gasteiger partial charge in [0.05, 0.1) is 0 Å². The molecular formula is C11H18N4O3. The zero-order valence-corrected chi connectivity index (χ0v) is 10.8. The number of hydrogen-bond acceptors (Lipinski definition) is 4. The quantitative estimate of drug-likeness (QED) is 0.663. The van der Waals surface area contributed by atoms with E-state index in [2.05, 4.69) is 5.32 Å². The summed E-state index contributed by atoms with van der Waals surface area (Å²) in [6, 6.07) is 1.28. The number of carbonyl (C=O) groups excluding carboxylic acids is 1. The summed E-state index contributed by atoms with van der Waals surface area (Å²) in [5, 5.41) is 3.04. The third-order valence-corrected chi connectivity index (χ3v) is 2.76. The molecule has 0 spiro atoms. The number of rotatable bonds is 5. The minimum Gasteiger partial charge on any atom is -0.370 e. The van der Waals surface area contributed by atoms with E-state index >= 15 is 0 Å². The number of nitrogens with two attached hydrogens (primary N) is 1. The molecule has 7 nitrogen and oxygen atoms in total. The molecule has 0 aliphatic rings. The second-order valence-electron chi connectivity index (χ2n) is 4.33. The normalized spacial score (nSPS) is 12.4. The van der Waals surface area contributed by atoms with Crippen molar-refractivity contribution >= 4 is 5.91 Å². The molecule has 1 rings (SSSR count). The maximum atomic E-state index is 11.7. The van der Waals surface area contributed by atoms with Crippen LogP contribution >= 0.6 is 0 Å². The second-order valence-corrected chi connectivity index (χ2v) is 4.33. The van der Waals surface area contributed by atoms with Crippen LogP contribution < -0.4 is 22.3 Å². The Balaban J connectivity index is 2.84. The van der Waals surface area contributed by atoms with Gasteiger partial charge >= 0.3 is 5.69 Å². The number of amides is 1. The van der Waals surface area contributed by atoms with Crippen LogP contribution in [0.3, 0.4) is 0 Å². The highest BCUT2D eigenvalue weighted by atomic mass is 16.2. The summed E-state index contributed by atoms with van der Waals surface area (Å²) in [4.78, 5) is 33.9. The Morgan fingerprint density at radius 2 is 2.00 bits per heavy atom. The summed E-state index contributed by atoms with van der Waals surface area (Å²) >= 11 is 0. The predicted octanol–water partition coefficient (Wildman–Crippen LogP) is -1.56. The summed E-state index contributed by atoms with van der Waals surface area (Å²) in [5.74, 6) is -0.395. The fourth-order valence-electron chi connectivity index (χ4n) is 1.60. The van der Waals surface area contributed by atoms with Crippen LogP contribution in [0.5, 0.6) is 0 Å². The lowest BCUT2D eigenvalue weighted by molar-refractivity contribution is -0.118. The highest BCUT2D eigenvalue weighted by Crippen LogP contribution is 1.94. The van der Waals surface area contributed by atoms with E-state index in [4.69, 9.17) is 5.73 Å². The van der Waals surface area contributed by atoms with Gasteiger partial charge < -0.3 is 11.1 Å². The number of hydrogen-bond donors (Lipinski definition) is 2. The smallest absolute Gasteiger partial charge is 0.330 e. The molecule has 0 saturated heterocycles. The van der Waals surface area contributed by atoms with Gasteiger partial charge in [-0.25, -0.2) is 4.79 Å². The maximum Gasteiger partial charge on any atom is 0.330 e. The molecule has 7 heteroatoms. The lowest BCUT2D eigenvalue weighted by Gasteiger charge is -2.14. The molecule has 1 heterocycles. The van der Waals surface area contributed by atoms with Gasteiger partial charge in [0.15, 0.2) is 0 Å². The first-order valence-corrected chi connectivity index (χ1v) is 5.60. The largest absolute Gasteiger partial charge is 0.370 e. The van der Waals surface area contributed by atoms with Gasteiger partial charge in [0.2, 0.25) is 5.91 Å². The molecule has 0 aromatic carbocycles. The molecule has 1 atom stereocenters. The fourth-order valence-corrected chi connectivity index (χ4v) is 1.60. The SMILES string of the molecule is CC(CC(N)=O)NCc1cc(=O)n(C)c(=O)n1C. The zero-order valence-electron chi connectivity index (χ0n) is 10.8.